The molecule has 228 valence electrons. The summed E-state index contributed by atoms with van der Waals surface area (Å²) in [5, 5.41) is 30.4. The van der Waals surface area contributed by atoms with Crippen LogP contribution in [0, 0.1) is 0 Å². The van der Waals surface area contributed by atoms with Crippen molar-refractivity contribution in [3.8, 4) is 0 Å². The lowest BCUT2D eigenvalue weighted by atomic mass is 10.1. The van der Waals surface area contributed by atoms with E-state index in [0.717, 1.165) is 33.7 Å². The van der Waals surface area contributed by atoms with Gasteiger partial charge in [-0.15, -0.1) is 0 Å². The van der Waals surface area contributed by atoms with E-state index in [-0.39, 0.29) is 0 Å². The minimum absolute atomic E-state index is 0.718. The van der Waals surface area contributed by atoms with Gasteiger partial charge in [-0.1, -0.05) is 0 Å². The number of hydrogen-bond donors (Lipinski definition) is 8. The third-order valence-electron chi connectivity index (χ3n) is 5.97. The Morgan fingerprint density at radius 2 is 1.39 bits per heavy atom. The fraction of sp³-hybridized carbons (Fsp3) is 0.556. The van der Waals surface area contributed by atoms with Crippen LogP contribution >= 0.6 is 14.5 Å². The van der Waals surface area contributed by atoms with Crippen LogP contribution in [0.2, 0.25) is 0 Å². The maximum Gasteiger partial charge on any atom is 0.472 e. The molecule has 4 heterocycles. The molecule has 41 heavy (non-hydrogen) atoms. The van der Waals surface area contributed by atoms with Crippen LogP contribution in [-0.2, 0) is 39.4 Å². The summed E-state index contributed by atoms with van der Waals surface area (Å²) in [6.07, 6.45) is -11.4. The maximum absolute atomic E-state index is 12.9. The number of aromatic nitrogens is 4. The van der Waals surface area contributed by atoms with E-state index in [2.05, 4.69) is 11.8 Å². The molecule has 2 aliphatic heterocycles. The van der Waals surface area contributed by atoms with Gasteiger partial charge >= 0.3 is 25.9 Å². The first-order valence-corrected chi connectivity index (χ1v) is 15.5. The molecule has 0 saturated carbocycles. The lowest BCUT2D eigenvalue weighted by molar-refractivity contribution is -0.0615. The van der Waals surface area contributed by atoms with Gasteiger partial charge < -0.3 is 39.5 Å². The first-order chi connectivity index (χ1) is 19.1. The van der Waals surface area contributed by atoms with Gasteiger partial charge in [0.05, 0.1) is 13.2 Å². The third kappa shape index (κ3) is 7.24. The smallest absolute Gasteiger partial charge is 0.394 e. The molecule has 0 radical (unpaired) electrons. The molecular weight excluding hydrogens is 622 g/mol. The Hall–Kier alpha value is -2.20. The Morgan fingerprint density at radius 3 is 1.90 bits per heavy atom. The molecule has 23 heteroatoms. The van der Waals surface area contributed by atoms with Gasteiger partial charge in [0, 0.05) is 24.5 Å². The van der Waals surface area contributed by atoms with Crippen LogP contribution in [0.15, 0.2) is 43.7 Å². The molecule has 2 fully saturated rings. The van der Waals surface area contributed by atoms with E-state index in [0.29, 0.717) is 0 Å². The van der Waals surface area contributed by atoms with Gasteiger partial charge in [-0.05, 0) is 11.8 Å². The van der Waals surface area contributed by atoms with Crippen LogP contribution in [-0.4, -0.2) is 98.9 Å². The summed E-state index contributed by atoms with van der Waals surface area (Å²) in [5.41, 5.74) is -3.55. The topological polar surface area (TPSA) is 294 Å². The zero-order valence-corrected chi connectivity index (χ0v) is 22.9. The van der Waals surface area contributed by atoms with Crippen molar-refractivity contribution < 1.29 is 57.6 Å². The number of rotatable bonds is 10. The predicted octanol–water partition coefficient (Wildman–Crippen LogP) is -4.31. The quantitative estimate of drug-likeness (QED) is 0.113. The molecule has 0 amide bonds. The van der Waals surface area contributed by atoms with E-state index >= 15 is 0 Å². The Kier molecular flexibility index (Phi) is 9.43. The second-order valence-corrected chi connectivity index (χ2v) is 12.7. The summed E-state index contributed by atoms with van der Waals surface area (Å²) < 4.78 is 40.2. The van der Waals surface area contributed by atoms with Crippen molar-refractivity contribution in [1.82, 2.24) is 19.1 Å². The summed E-state index contributed by atoms with van der Waals surface area (Å²) >= 11 is 4.47. The molecule has 0 aromatic carbocycles. The first kappa shape index (κ1) is 31.7. The Balaban J connectivity index is 1.52. The van der Waals surface area contributed by atoms with E-state index in [1.54, 1.807) is 0 Å². The molecule has 2 aromatic rings. The van der Waals surface area contributed by atoms with Crippen molar-refractivity contribution in [2.45, 2.75) is 49.1 Å². The average Bonchev–Trinajstić information content (AvgIpc) is 3.33. The highest BCUT2D eigenvalue weighted by Gasteiger charge is 2.52. The van der Waals surface area contributed by atoms with Gasteiger partial charge in [0.1, 0.15) is 36.6 Å². The Morgan fingerprint density at radius 1 is 0.854 bits per heavy atom. The Labute approximate surface area is 231 Å². The van der Waals surface area contributed by atoms with Crippen LogP contribution in [0.1, 0.15) is 12.5 Å². The average molecular weight is 646 g/mol. The molecule has 0 bridgehead atoms. The fourth-order valence-corrected chi connectivity index (χ4v) is 5.98. The highest BCUT2D eigenvalue weighted by molar-refractivity contribution is 8.06. The van der Waals surface area contributed by atoms with Gasteiger partial charge in [0.2, 0.25) is 0 Å². The minimum Gasteiger partial charge on any atom is -0.394 e. The zero-order valence-electron chi connectivity index (χ0n) is 20.3. The van der Waals surface area contributed by atoms with Gasteiger partial charge in [-0.25, -0.2) is 14.2 Å². The van der Waals surface area contributed by atoms with Crippen LogP contribution in [0.3, 0.4) is 0 Å². The summed E-state index contributed by atoms with van der Waals surface area (Å²) in [5.74, 6) is 0. The van der Waals surface area contributed by atoms with Crippen molar-refractivity contribution >= 4 is 26.3 Å². The maximum atomic E-state index is 12.9. The number of hydrogen-bond acceptors (Lipinski definition) is 14. The first-order valence-electron chi connectivity index (χ1n) is 11.4. The molecule has 1 unspecified atom stereocenters. The van der Waals surface area contributed by atoms with E-state index in [1.165, 1.54) is 0 Å². The molecular formula is C18H24N4O16P2S. The van der Waals surface area contributed by atoms with Crippen LogP contribution < -0.4 is 22.5 Å². The molecule has 4 rings (SSSR count). The van der Waals surface area contributed by atoms with Gasteiger partial charge in [-0.2, -0.15) is 0 Å². The van der Waals surface area contributed by atoms with Crippen molar-refractivity contribution in [1.29, 1.82) is 0 Å². The second-order valence-electron chi connectivity index (χ2n) is 8.72. The molecule has 0 aliphatic carbocycles. The van der Waals surface area contributed by atoms with E-state index < -0.39 is 99.3 Å². The number of ether oxygens (including phenoxy) is 2. The lowest BCUT2D eigenvalue weighted by Gasteiger charge is -2.27. The number of aliphatic hydroxyl groups excluding tert-OH is 3. The highest BCUT2D eigenvalue weighted by atomic mass is 32.5. The van der Waals surface area contributed by atoms with Crippen molar-refractivity contribution in [2.24, 2.45) is 0 Å². The molecule has 2 aromatic heterocycles. The van der Waals surface area contributed by atoms with Crippen LogP contribution in [0.5, 0.6) is 0 Å². The number of H-pyrrole nitrogens is 2. The normalized spacial score (nSPS) is 31.8. The molecule has 9 atom stereocenters. The van der Waals surface area contributed by atoms with E-state index in [4.69, 9.17) is 23.0 Å². The SMILES string of the molecule is O=c1ccn([C@@H]2O[C@H](COP(=O)(O)O[C@H]3[C@@H](OP(O)(O)=S)[C@H](n4ccc(=O)[nH]c4=O)O[C@@H]3CO)[C@@H](O)[C@H]2O)c(=O)[nH]1. The van der Waals surface area contributed by atoms with Crippen LogP contribution in [0.25, 0.3) is 0 Å². The highest BCUT2D eigenvalue weighted by Crippen LogP contribution is 2.52. The van der Waals surface area contributed by atoms with Gasteiger partial charge in [0.25, 0.3) is 11.1 Å². The number of aliphatic hydroxyl groups is 3. The van der Waals surface area contributed by atoms with E-state index in [9.17, 15) is 53.7 Å². The largest absolute Gasteiger partial charge is 0.472 e. The summed E-state index contributed by atoms with van der Waals surface area (Å²) in [7, 11) is -5.23. The van der Waals surface area contributed by atoms with Crippen LogP contribution in [0.4, 0.5) is 0 Å². The van der Waals surface area contributed by atoms with E-state index in [1.807, 2.05) is 9.97 Å². The number of nitrogens with one attached hydrogen (secondary N) is 2. The molecule has 8 N–H and O–H groups in total. The summed E-state index contributed by atoms with van der Waals surface area (Å²) in [4.78, 5) is 80.8. The zero-order chi connectivity index (χ0) is 30.3. The number of phosphoric ester groups is 1. The van der Waals surface area contributed by atoms with Crippen molar-refractivity contribution in [3.63, 3.8) is 0 Å². The summed E-state index contributed by atoms with van der Waals surface area (Å²) in [6, 6.07) is 1.87. The lowest BCUT2D eigenvalue weighted by Crippen LogP contribution is -2.40. The third-order valence-corrected chi connectivity index (χ3v) is 7.73. The van der Waals surface area contributed by atoms with Crippen molar-refractivity contribution in [2.75, 3.05) is 13.2 Å². The fourth-order valence-electron chi connectivity index (χ4n) is 4.18. The van der Waals surface area contributed by atoms with Crippen molar-refractivity contribution in [3.05, 3.63) is 66.2 Å². The Bertz CT molecular complexity index is 1590. The molecule has 2 aliphatic rings. The van der Waals surface area contributed by atoms with Gasteiger partial charge in [0.15, 0.2) is 12.5 Å². The number of nitrogens with zero attached hydrogens (tertiary/aromatic N) is 2. The summed E-state index contributed by atoms with van der Waals surface area (Å²) in [6.45, 7) is -6.39. The predicted molar refractivity (Wildman–Crippen MR) is 134 cm³/mol. The monoisotopic (exact) mass is 646 g/mol. The molecule has 0 spiro atoms. The number of aromatic amines is 2. The minimum atomic E-state index is -5.23. The molecule has 2 saturated heterocycles. The molecule has 20 nitrogen and oxygen atoms in total. The number of phosphoric acid groups is 1. The second kappa shape index (κ2) is 12.2. The standard InChI is InChI=1S/C18H24N4O16P2S/c23-5-7-13(14(38-40(32,33)41)16(35-7)22-4-2-10(25)20-18(22)29)37-39(30,31)34-6-8-11(26)12(27)15(36-8)21-3-1-9(24)19-17(21)28/h1-4,7-8,11-16,23,26-27H,5-6H2,(H,30,31)(H,19,24,28)(H,20,25,29)(H2,32,33,41)/t7-,8-,11-,12-,13-,14-,15-,16-/m1/s1. The van der Waals surface area contributed by atoms with Gasteiger partial charge in [-0.3, -0.25) is 42.3 Å².